The van der Waals surface area contributed by atoms with E-state index in [9.17, 15) is 14.0 Å². The van der Waals surface area contributed by atoms with Crippen LogP contribution in [0.2, 0.25) is 0 Å². The van der Waals surface area contributed by atoms with Gasteiger partial charge in [0, 0.05) is 12.6 Å². The number of anilines is 2. The Bertz CT molecular complexity index is 882. The average Bonchev–Trinajstić information content (AvgIpc) is 2.67. The van der Waals surface area contributed by atoms with Crippen molar-refractivity contribution in [2.75, 3.05) is 17.2 Å². The summed E-state index contributed by atoms with van der Waals surface area (Å²) in [6.07, 6.45) is 4.71. The van der Waals surface area contributed by atoms with E-state index < -0.39 is 5.82 Å². The van der Waals surface area contributed by atoms with Crippen LogP contribution in [-0.4, -0.2) is 18.4 Å². The van der Waals surface area contributed by atoms with Crippen LogP contribution < -0.4 is 16.0 Å². The average molecular weight is 383 g/mol. The summed E-state index contributed by atoms with van der Waals surface area (Å²) in [4.78, 5) is 23.4. The number of benzene rings is 2. The van der Waals surface area contributed by atoms with Crippen LogP contribution in [0.4, 0.5) is 15.8 Å². The van der Waals surface area contributed by atoms with E-state index in [0.717, 1.165) is 18.4 Å². The lowest BCUT2D eigenvalue weighted by Gasteiger charge is -2.20. The molecule has 0 saturated heterocycles. The van der Waals surface area contributed by atoms with Crippen LogP contribution in [0, 0.1) is 5.82 Å². The molecule has 0 fully saturated rings. The van der Waals surface area contributed by atoms with Gasteiger partial charge in [0.25, 0.3) is 0 Å². The standard InChI is InChI=1S/C22H26FN3O2/c1-14(17-8-7-16-5-3-4-6-18(16)11-17)25-22(28)13-24-19-9-10-20(23)21(12-19)26-15(2)27/h7-12,14,24H,3-6,13H2,1-2H3,(H,25,28)(H,26,27). The lowest BCUT2D eigenvalue weighted by molar-refractivity contribution is -0.120. The monoisotopic (exact) mass is 383 g/mol. The Morgan fingerprint density at radius 3 is 2.57 bits per heavy atom. The van der Waals surface area contributed by atoms with Gasteiger partial charge in [-0.15, -0.1) is 0 Å². The predicted octanol–water partition coefficient (Wildman–Crippen LogP) is 3.95. The van der Waals surface area contributed by atoms with Gasteiger partial charge in [0.15, 0.2) is 0 Å². The Morgan fingerprint density at radius 2 is 1.82 bits per heavy atom. The van der Waals surface area contributed by atoms with E-state index in [-0.39, 0.29) is 30.1 Å². The molecule has 1 aliphatic rings. The zero-order valence-corrected chi connectivity index (χ0v) is 16.3. The minimum Gasteiger partial charge on any atom is -0.376 e. The molecule has 28 heavy (non-hydrogen) atoms. The van der Waals surface area contributed by atoms with E-state index in [2.05, 4.69) is 34.1 Å². The number of fused-ring (bicyclic) bond motifs is 1. The predicted molar refractivity (Wildman–Crippen MR) is 109 cm³/mol. The van der Waals surface area contributed by atoms with Crippen molar-refractivity contribution >= 4 is 23.2 Å². The summed E-state index contributed by atoms with van der Waals surface area (Å²) < 4.78 is 13.7. The second kappa shape index (κ2) is 8.87. The van der Waals surface area contributed by atoms with Crippen molar-refractivity contribution in [2.24, 2.45) is 0 Å². The van der Waals surface area contributed by atoms with Crippen LogP contribution in [-0.2, 0) is 22.4 Å². The molecule has 0 aromatic heterocycles. The molecule has 6 heteroatoms. The fraction of sp³-hybridized carbons (Fsp3) is 0.364. The van der Waals surface area contributed by atoms with Crippen LogP contribution in [0.25, 0.3) is 0 Å². The summed E-state index contributed by atoms with van der Waals surface area (Å²) in [5.41, 5.74) is 4.55. The number of amides is 2. The van der Waals surface area contributed by atoms with Crippen molar-refractivity contribution in [3.63, 3.8) is 0 Å². The van der Waals surface area contributed by atoms with Gasteiger partial charge in [0.2, 0.25) is 11.8 Å². The molecule has 2 aromatic rings. The third-order valence-electron chi connectivity index (χ3n) is 4.98. The van der Waals surface area contributed by atoms with Gasteiger partial charge in [0.1, 0.15) is 5.82 Å². The largest absolute Gasteiger partial charge is 0.376 e. The Kier molecular flexibility index (Phi) is 6.29. The molecule has 5 nitrogen and oxygen atoms in total. The normalized spacial score (nSPS) is 14.0. The molecule has 1 atom stereocenters. The van der Waals surface area contributed by atoms with Gasteiger partial charge >= 0.3 is 0 Å². The molecular formula is C22H26FN3O2. The number of carbonyl (C=O) groups excluding carboxylic acids is 2. The van der Waals surface area contributed by atoms with Crippen molar-refractivity contribution in [1.82, 2.24) is 5.32 Å². The molecule has 148 valence electrons. The molecule has 1 unspecified atom stereocenters. The van der Waals surface area contributed by atoms with E-state index in [1.54, 1.807) is 0 Å². The minimum atomic E-state index is -0.522. The van der Waals surface area contributed by atoms with Crippen LogP contribution in [0.15, 0.2) is 36.4 Å². The Balaban J connectivity index is 1.56. The van der Waals surface area contributed by atoms with Gasteiger partial charge in [-0.2, -0.15) is 0 Å². The fourth-order valence-electron chi connectivity index (χ4n) is 3.50. The van der Waals surface area contributed by atoms with E-state index in [1.165, 1.54) is 49.1 Å². The molecule has 2 amide bonds. The number of rotatable bonds is 6. The SMILES string of the molecule is CC(=O)Nc1cc(NCC(=O)NC(C)c2ccc3c(c2)CCCC3)ccc1F. The number of halogens is 1. The summed E-state index contributed by atoms with van der Waals surface area (Å²) >= 11 is 0. The Hall–Kier alpha value is -2.89. The smallest absolute Gasteiger partial charge is 0.239 e. The highest BCUT2D eigenvalue weighted by atomic mass is 19.1. The van der Waals surface area contributed by atoms with Crippen molar-refractivity contribution in [1.29, 1.82) is 0 Å². The highest BCUT2D eigenvalue weighted by molar-refractivity contribution is 5.89. The highest BCUT2D eigenvalue weighted by Gasteiger charge is 2.14. The zero-order valence-electron chi connectivity index (χ0n) is 16.3. The fourth-order valence-corrected chi connectivity index (χ4v) is 3.50. The third-order valence-corrected chi connectivity index (χ3v) is 4.98. The number of hydrogen-bond acceptors (Lipinski definition) is 3. The summed E-state index contributed by atoms with van der Waals surface area (Å²) in [5, 5.41) is 8.37. The van der Waals surface area contributed by atoms with Gasteiger partial charge in [-0.05, 0) is 67.5 Å². The Morgan fingerprint density at radius 1 is 1.07 bits per heavy atom. The summed E-state index contributed by atoms with van der Waals surface area (Å²) in [6, 6.07) is 10.6. The molecule has 0 spiro atoms. The first-order valence-electron chi connectivity index (χ1n) is 9.64. The van der Waals surface area contributed by atoms with Gasteiger partial charge in [-0.25, -0.2) is 4.39 Å². The summed E-state index contributed by atoms with van der Waals surface area (Å²) in [5.74, 6) is -1.03. The zero-order chi connectivity index (χ0) is 20.1. The van der Waals surface area contributed by atoms with E-state index >= 15 is 0 Å². The number of nitrogens with one attached hydrogen (secondary N) is 3. The van der Waals surface area contributed by atoms with E-state index in [4.69, 9.17) is 0 Å². The summed E-state index contributed by atoms with van der Waals surface area (Å²) in [7, 11) is 0. The van der Waals surface area contributed by atoms with Gasteiger partial charge in [-0.1, -0.05) is 18.2 Å². The first-order chi connectivity index (χ1) is 13.4. The first-order valence-corrected chi connectivity index (χ1v) is 9.64. The molecule has 2 aromatic carbocycles. The molecule has 3 N–H and O–H groups in total. The van der Waals surface area contributed by atoms with Crippen molar-refractivity contribution in [2.45, 2.75) is 45.6 Å². The molecule has 0 heterocycles. The second-order valence-corrected chi connectivity index (χ2v) is 7.25. The molecule has 0 radical (unpaired) electrons. The first kappa shape index (κ1) is 19.9. The van der Waals surface area contributed by atoms with Crippen molar-refractivity contribution in [3.8, 4) is 0 Å². The second-order valence-electron chi connectivity index (χ2n) is 7.25. The summed E-state index contributed by atoms with van der Waals surface area (Å²) in [6.45, 7) is 3.34. The molecule has 3 rings (SSSR count). The Labute approximate surface area is 164 Å². The molecule has 0 bridgehead atoms. The van der Waals surface area contributed by atoms with Crippen molar-refractivity contribution in [3.05, 3.63) is 58.9 Å². The maximum atomic E-state index is 13.7. The van der Waals surface area contributed by atoms with E-state index in [0.29, 0.717) is 5.69 Å². The lowest BCUT2D eigenvalue weighted by Crippen LogP contribution is -2.32. The van der Waals surface area contributed by atoms with Gasteiger partial charge < -0.3 is 16.0 Å². The maximum absolute atomic E-state index is 13.7. The topological polar surface area (TPSA) is 70.2 Å². The molecule has 0 saturated carbocycles. The number of carbonyl (C=O) groups is 2. The van der Waals surface area contributed by atoms with E-state index in [1.807, 2.05) is 6.92 Å². The number of hydrogen-bond donors (Lipinski definition) is 3. The highest BCUT2D eigenvalue weighted by Crippen LogP contribution is 2.25. The van der Waals surface area contributed by atoms with Crippen LogP contribution >= 0.6 is 0 Å². The molecule has 1 aliphatic carbocycles. The van der Waals surface area contributed by atoms with Crippen LogP contribution in [0.1, 0.15) is 49.4 Å². The van der Waals surface area contributed by atoms with Gasteiger partial charge in [-0.3, -0.25) is 9.59 Å². The van der Waals surface area contributed by atoms with Crippen LogP contribution in [0.5, 0.6) is 0 Å². The van der Waals surface area contributed by atoms with Gasteiger partial charge in [0.05, 0.1) is 18.3 Å². The quantitative estimate of drug-likeness (QED) is 0.707. The van der Waals surface area contributed by atoms with Crippen LogP contribution in [0.3, 0.4) is 0 Å². The lowest BCUT2D eigenvalue weighted by atomic mass is 9.89. The molecule has 0 aliphatic heterocycles. The minimum absolute atomic E-state index is 0.0560. The maximum Gasteiger partial charge on any atom is 0.239 e. The third kappa shape index (κ3) is 5.09. The van der Waals surface area contributed by atoms with Crippen molar-refractivity contribution < 1.29 is 14.0 Å². The molecular weight excluding hydrogens is 357 g/mol. The number of aryl methyl sites for hydroxylation is 2.